The van der Waals surface area contributed by atoms with Gasteiger partial charge in [0.2, 0.25) is 5.89 Å². The summed E-state index contributed by atoms with van der Waals surface area (Å²) in [5.41, 5.74) is 1.48. The maximum Gasteiger partial charge on any atom is 0.317 e. The van der Waals surface area contributed by atoms with Gasteiger partial charge in [0.15, 0.2) is 9.84 Å². The van der Waals surface area contributed by atoms with Crippen molar-refractivity contribution in [2.75, 3.05) is 18.1 Å². The maximum absolute atomic E-state index is 12.4. The van der Waals surface area contributed by atoms with Gasteiger partial charge in [-0.15, -0.1) is 0 Å². The molecule has 1 aliphatic rings. The molecule has 2 heterocycles. The van der Waals surface area contributed by atoms with Crippen molar-refractivity contribution >= 4 is 15.9 Å². The van der Waals surface area contributed by atoms with Crippen LogP contribution in [0.1, 0.15) is 19.0 Å². The van der Waals surface area contributed by atoms with Crippen LogP contribution in [0.25, 0.3) is 11.5 Å². The molecule has 2 aromatic rings. The third-order valence-corrected chi connectivity index (χ3v) is 5.99. The molecule has 2 amide bonds. The van der Waals surface area contributed by atoms with E-state index < -0.39 is 9.84 Å². The lowest BCUT2D eigenvalue weighted by molar-refractivity contribution is 0.183. The van der Waals surface area contributed by atoms with Gasteiger partial charge in [0.1, 0.15) is 6.26 Å². The van der Waals surface area contributed by atoms with Gasteiger partial charge in [0.05, 0.1) is 23.7 Å². The molecule has 1 aromatic carbocycles. The lowest BCUT2D eigenvalue weighted by Gasteiger charge is -2.26. The Morgan fingerprint density at radius 3 is 2.76 bits per heavy atom. The Balaban J connectivity index is 1.59. The van der Waals surface area contributed by atoms with Crippen LogP contribution in [0.5, 0.6) is 0 Å². The number of carbonyl (C=O) groups excluding carboxylic acids is 1. The lowest BCUT2D eigenvalue weighted by atomic mass is 10.2. The second-order valence-electron chi connectivity index (χ2n) is 6.01. The average Bonchev–Trinajstić information content (AvgIpc) is 3.21. The molecule has 7 nitrogen and oxygen atoms in total. The molecule has 0 aliphatic carbocycles. The zero-order valence-corrected chi connectivity index (χ0v) is 14.8. The van der Waals surface area contributed by atoms with Gasteiger partial charge in [-0.05, 0) is 25.5 Å². The molecule has 1 fully saturated rings. The highest BCUT2D eigenvalue weighted by Gasteiger charge is 2.33. The second-order valence-corrected chi connectivity index (χ2v) is 8.24. The van der Waals surface area contributed by atoms with Crippen molar-refractivity contribution in [3.8, 4) is 11.5 Å². The van der Waals surface area contributed by atoms with Gasteiger partial charge in [-0.3, -0.25) is 0 Å². The number of nitrogens with zero attached hydrogens (tertiary/aromatic N) is 2. The molecule has 1 saturated heterocycles. The number of nitrogens with one attached hydrogen (secondary N) is 1. The van der Waals surface area contributed by atoms with E-state index in [0.717, 1.165) is 5.56 Å². The van der Waals surface area contributed by atoms with Gasteiger partial charge in [0.25, 0.3) is 0 Å². The Morgan fingerprint density at radius 1 is 1.36 bits per heavy atom. The number of hydrogen-bond donors (Lipinski definition) is 1. The molecule has 25 heavy (non-hydrogen) atoms. The fourth-order valence-electron chi connectivity index (χ4n) is 2.96. The SMILES string of the molecule is CCN(C(=O)NCc1coc(-c2ccccc2)n1)C1CCS(=O)(=O)C1. The third kappa shape index (κ3) is 4.19. The number of urea groups is 1. The van der Waals surface area contributed by atoms with Crippen molar-refractivity contribution in [3.05, 3.63) is 42.3 Å². The van der Waals surface area contributed by atoms with Crippen molar-refractivity contribution in [2.45, 2.75) is 25.9 Å². The Hall–Kier alpha value is -2.35. The van der Waals surface area contributed by atoms with Crippen molar-refractivity contribution in [1.29, 1.82) is 0 Å². The topological polar surface area (TPSA) is 92.5 Å². The van der Waals surface area contributed by atoms with E-state index >= 15 is 0 Å². The molecular weight excluding hydrogens is 342 g/mol. The van der Waals surface area contributed by atoms with Gasteiger partial charge in [-0.1, -0.05) is 18.2 Å². The summed E-state index contributed by atoms with van der Waals surface area (Å²) < 4.78 is 28.7. The van der Waals surface area contributed by atoms with E-state index in [1.807, 2.05) is 37.3 Å². The number of aromatic nitrogens is 1. The molecule has 3 rings (SSSR count). The maximum atomic E-state index is 12.4. The van der Waals surface area contributed by atoms with E-state index in [4.69, 9.17) is 4.42 Å². The van der Waals surface area contributed by atoms with Gasteiger partial charge >= 0.3 is 6.03 Å². The standard InChI is InChI=1S/C17H21N3O4S/c1-2-20(15-8-9-25(22,23)12-15)17(21)18-10-14-11-24-16(19-14)13-6-4-3-5-7-13/h3-7,11,15H,2,8-10,12H2,1H3,(H,18,21). The van der Waals surface area contributed by atoms with E-state index in [2.05, 4.69) is 10.3 Å². The highest BCUT2D eigenvalue weighted by Crippen LogP contribution is 2.19. The minimum absolute atomic E-state index is 0.0381. The Bertz CT molecular complexity index is 833. The number of hydrogen-bond acceptors (Lipinski definition) is 5. The lowest BCUT2D eigenvalue weighted by Crippen LogP contribution is -2.46. The Labute approximate surface area is 147 Å². The molecule has 134 valence electrons. The van der Waals surface area contributed by atoms with E-state index in [0.29, 0.717) is 24.6 Å². The first-order valence-corrected chi connectivity index (χ1v) is 10.1. The van der Waals surface area contributed by atoms with E-state index in [1.54, 1.807) is 4.90 Å². The largest absolute Gasteiger partial charge is 0.444 e. The van der Waals surface area contributed by atoms with Crippen LogP contribution in [0.4, 0.5) is 4.79 Å². The van der Waals surface area contributed by atoms with Crippen molar-refractivity contribution in [1.82, 2.24) is 15.2 Å². The van der Waals surface area contributed by atoms with E-state index in [1.165, 1.54) is 6.26 Å². The van der Waals surface area contributed by atoms with Gasteiger partial charge in [-0.25, -0.2) is 18.2 Å². The number of rotatable bonds is 5. The average molecular weight is 363 g/mol. The normalized spacial score (nSPS) is 18.8. The smallest absolute Gasteiger partial charge is 0.317 e. The zero-order chi connectivity index (χ0) is 17.9. The Kier molecular flexibility index (Phi) is 5.08. The molecule has 1 aromatic heterocycles. The van der Waals surface area contributed by atoms with Crippen LogP contribution in [0.15, 0.2) is 41.0 Å². The van der Waals surface area contributed by atoms with Crippen LogP contribution in [-0.2, 0) is 16.4 Å². The van der Waals surface area contributed by atoms with Crippen LogP contribution >= 0.6 is 0 Å². The van der Waals surface area contributed by atoms with Gasteiger partial charge in [0, 0.05) is 18.2 Å². The predicted octanol–water partition coefficient (Wildman–Crippen LogP) is 2.06. The molecular formula is C17H21N3O4S. The Morgan fingerprint density at radius 2 is 2.12 bits per heavy atom. The highest BCUT2D eigenvalue weighted by molar-refractivity contribution is 7.91. The monoisotopic (exact) mass is 363 g/mol. The first kappa shape index (κ1) is 17.5. The summed E-state index contributed by atoms with van der Waals surface area (Å²) in [6.45, 7) is 2.53. The van der Waals surface area contributed by atoms with Gasteiger partial charge < -0.3 is 14.6 Å². The summed E-state index contributed by atoms with van der Waals surface area (Å²) >= 11 is 0. The molecule has 0 bridgehead atoms. The summed E-state index contributed by atoms with van der Waals surface area (Å²) in [6.07, 6.45) is 2.00. The van der Waals surface area contributed by atoms with Crippen molar-refractivity contribution in [2.24, 2.45) is 0 Å². The number of oxazole rings is 1. The molecule has 1 unspecified atom stereocenters. The predicted molar refractivity (Wildman–Crippen MR) is 93.6 cm³/mol. The molecule has 0 saturated carbocycles. The van der Waals surface area contributed by atoms with E-state index in [9.17, 15) is 13.2 Å². The summed E-state index contributed by atoms with van der Waals surface area (Å²) in [5, 5.41) is 2.79. The first-order chi connectivity index (χ1) is 12.0. The first-order valence-electron chi connectivity index (χ1n) is 8.23. The number of sulfone groups is 1. The van der Waals surface area contributed by atoms with Crippen LogP contribution < -0.4 is 5.32 Å². The molecule has 1 atom stereocenters. The summed E-state index contributed by atoms with van der Waals surface area (Å²) in [7, 11) is -3.03. The minimum Gasteiger partial charge on any atom is -0.444 e. The fraction of sp³-hybridized carbons (Fsp3) is 0.412. The number of amides is 2. The van der Waals surface area contributed by atoms with Crippen molar-refractivity contribution < 1.29 is 17.6 Å². The van der Waals surface area contributed by atoms with Crippen molar-refractivity contribution in [3.63, 3.8) is 0 Å². The van der Waals surface area contributed by atoms with E-state index in [-0.39, 0.29) is 30.1 Å². The van der Waals surface area contributed by atoms with Crippen LogP contribution in [0.3, 0.4) is 0 Å². The minimum atomic E-state index is -3.03. The summed E-state index contributed by atoms with van der Waals surface area (Å²) in [4.78, 5) is 18.3. The molecule has 0 spiro atoms. The zero-order valence-electron chi connectivity index (χ0n) is 14.0. The molecule has 8 heteroatoms. The molecule has 0 radical (unpaired) electrons. The van der Waals surface area contributed by atoms with Crippen LogP contribution in [0.2, 0.25) is 0 Å². The number of benzene rings is 1. The van der Waals surface area contributed by atoms with Crippen LogP contribution in [0, 0.1) is 0 Å². The second kappa shape index (κ2) is 7.26. The number of carbonyl (C=O) groups is 1. The van der Waals surface area contributed by atoms with Crippen LogP contribution in [-0.4, -0.2) is 48.4 Å². The fourth-order valence-corrected chi connectivity index (χ4v) is 4.69. The summed E-state index contributed by atoms with van der Waals surface area (Å²) in [5.74, 6) is 0.681. The molecule has 1 aliphatic heterocycles. The third-order valence-electron chi connectivity index (χ3n) is 4.24. The summed E-state index contributed by atoms with van der Waals surface area (Å²) in [6, 6.07) is 8.96. The molecule has 1 N–H and O–H groups in total. The highest BCUT2D eigenvalue weighted by atomic mass is 32.2. The quantitative estimate of drug-likeness (QED) is 0.878. The van der Waals surface area contributed by atoms with Gasteiger partial charge in [-0.2, -0.15) is 0 Å².